The highest BCUT2D eigenvalue weighted by atomic mass is 16.5. The number of hydrogen-bond acceptors (Lipinski definition) is 3. The van der Waals surface area contributed by atoms with E-state index in [1.165, 1.54) is 0 Å². The third-order valence-corrected chi connectivity index (χ3v) is 3.72. The number of carbonyl (C=O) groups excluding carboxylic acids is 1. The van der Waals surface area contributed by atoms with E-state index >= 15 is 0 Å². The number of fused-ring (bicyclic) bond motifs is 1. The van der Waals surface area contributed by atoms with Crippen LogP contribution < -0.4 is 0 Å². The number of ether oxygens (including phenoxy) is 1. The molecule has 5 heteroatoms. The number of aromatic hydroxyl groups is 1. The normalized spacial score (nSPS) is 15.7. The lowest BCUT2D eigenvalue weighted by atomic mass is 10.1. The van der Waals surface area contributed by atoms with Crippen LogP contribution in [0.1, 0.15) is 12.0 Å². The van der Waals surface area contributed by atoms with Gasteiger partial charge >= 0.3 is 0 Å². The summed E-state index contributed by atoms with van der Waals surface area (Å²) in [5, 5.41) is 10.5. The summed E-state index contributed by atoms with van der Waals surface area (Å²) in [6.07, 6.45) is 3.08. The van der Waals surface area contributed by atoms with Crippen LogP contribution in [0.25, 0.3) is 10.9 Å². The minimum atomic E-state index is 0.169. The number of rotatable bonds is 3. The lowest BCUT2D eigenvalue weighted by Crippen LogP contribution is -2.40. The van der Waals surface area contributed by atoms with E-state index < -0.39 is 0 Å². The summed E-state index contributed by atoms with van der Waals surface area (Å²) < 4.78 is 5.24. The largest absolute Gasteiger partial charge is 0.508 e. The number of benzene rings is 1. The molecule has 20 heavy (non-hydrogen) atoms. The van der Waals surface area contributed by atoms with Crippen LogP contribution in [-0.2, 0) is 16.0 Å². The average molecular weight is 274 g/mol. The van der Waals surface area contributed by atoms with Crippen LogP contribution >= 0.6 is 0 Å². The molecule has 2 aromatic rings. The van der Waals surface area contributed by atoms with E-state index in [-0.39, 0.29) is 11.7 Å². The maximum atomic E-state index is 12.1. The molecule has 0 atom stereocenters. The minimum absolute atomic E-state index is 0.169. The maximum Gasteiger partial charge on any atom is 0.223 e. The highest BCUT2D eigenvalue weighted by Crippen LogP contribution is 2.24. The first-order chi connectivity index (χ1) is 9.74. The predicted molar refractivity (Wildman–Crippen MR) is 75.7 cm³/mol. The Morgan fingerprint density at radius 1 is 1.35 bits per heavy atom. The van der Waals surface area contributed by atoms with Gasteiger partial charge in [0.05, 0.1) is 13.2 Å². The van der Waals surface area contributed by atoms with Gasteiger partial charge in [0.25, 0.3) is 0 Å². The molecule has 1 amide bonds. The molecule has 0 radical (unpaired) electrons. The summed E-state index contributed by atoms with van der Waals surface area (Å²) >= 11 is 0. The maximum absolute atomic E-state index is 12.1. The first-order valence-electron chi connectivity index (χ1n) is 6.88. The monoisotopic (exact) mass is 274 g/mol. The van der Waals surface area contributed by atoms with Gasteiger partial charge in [-0.15, -0.1) is 0 Å². The molecule has 0 spiro atoms. The van der Waals surface area contributed by atoms with E-state index in [1.54, 1.807) is 12.1 Å². The molecule has 1 fully saturated rings. The van der Waals surface area contributed by atoms with Crippen molar-refractivity contribution in [2.24, 2.45) is 0 Å². The van der Waals surface area contributed by atoms with Gasteiger partial charge in [-0.3, -0.25) is 4.79 Å². The van der Waals surface area contributed by atoms with Crippen molar-refractivity contribution < 1.29 is 14.6 Å². The molecule has 106 valence electrons. The van der Waals surface area contributed by atoms with Gasteiger partial charge in [-0.25, -0.2) is 0 Å². The first-order valence-corrected chi connectivity index (χ1v) is 6.88. The molecule has 2 heterocycles. The van der Waals surface area contributed by atoms with Gasteiger partial charge in [0.1, 0.15) is 5.75 Å². The van der Waals surface area contributed by atoms with E-state index in [2.05, 4.69) is 4.98 Å². The second-order valence-electron chi connectivity index (χ2n) is 5.04. The summed E-state index contributed by atoms with van der Waals surface area (Å²) in [6.45, 7) is 2.64. The number of carbonyl (C=O) groups is 1. The second-order valence-corrected chi connectivity index (χ2v) is 5.04. The van der Waals surface area contributed by atoms with Crippen molar-refractivity contribution in [1.29, 1.82) is 0 Å². The van der Waals surface area contributed by atoms with Crippen molar-refractivity contribution in [1.82, 2.24) is 9.88 Å². The summed E-state index contributed by atoms with van der Waals surface area (Å²) in [5.74, 6) is 0.417. The van der Waals surface area contributed by atoms with Crippen LogP contribution in [0.4, 0.5) is 0 Å². The number of aryl methyl sites for hydroxylation is 1. The Morgan fingerprint density at radius 2 is 2.15 bits per heavy atom. The molecule has 0 saturated carbocycles. The van der Waals surface area contributed by atoms with Gasteiger partial charge in [0.15, 0.2) is 0 Å². The molecule has 0 unspecified atom stereocenters. The number of amides is 1. The highest BCUT2D eigenvalue weighted by molar-refractivity contribution is 5.85. The highest BCUT2D eigenvalue weighted by Gasteiger charge is 2.17. The number of aromatic nitrogens is 1. The SMILES string of the molecule is O=C(CCc1c[nH]c2ccc(O)cc12)N1CCOCC1. The molecule has 0 aliphatic carbocycles. The van der Waals surface area contributed by atoms with Crippen molar-refractivity contribution in [3.63, 3.8) is 0 Å². The molecule has 2 N–H and O–H groups in total. The predicted octanol–water partition coefficient (Wildman–Crippen LogP) is 1.66. The molecule has 1 aromatic carbocycles. The standard InChI is InChI=1S/C15H18N2O3/c18-12-2-3-14-13(9-12)11(10-16-14)1-4-15(19)17-5-7-20-8-6-17/h2-3,9-10,16,18H,1,4-8H2. The van der Waals surface area contributed by atoms with Crippen LogP contribution in [0.15, 0.2) is 24.4 Å². The quantitative estimate of drug-likeness (QED) is 0.894. The van der Waals surface area contributed by atoms with Crippen LogP contribution in [0.2, 0.25) is 0 Å². The van der Waals surface area contributed by atoms with Crippen LogP contribution in [0.3, 0.4) is 0 Å². The van der Waals surface area contributed by atoms with Crippen molar-refractivity contribution in [3.05, 3.63) is 30.0 Å². The summed E-state index contributed by atoms with van der Waals surface area (Å²) in [6, 6.07) is 5.24. The number of H-pyrrole nitrogens is 1. The van der Waals surface area contributed by atoms with Gasteiger partial charge in [0, 0.05) is 36.6 Å². The van der Waals surface area contributed by atoms with Crippen molar-refractivity contribution in [2.75, 3.05) is 26.3 Å². The number of nitrogens with zero attached hydrogens (tertiary/aromatic N) is 1. The fourth-order valence-electron chi connectivity index (χ4n) is 2.59. The Bertz CT molecular complexity index is 615. The van der Waals surface area contributed by atoms with E-state index in [4.69, 9.17) is 4.74 Å². The zero-order valence-electron chi connectivity index (χ0n) is 11.3. The number of morpholine rings is 1. The van der Waals surface area contributed by atoms with Crippen LogP contribution in [-0.4, -0.2) is 47.2 Å². The fourth-order valence-corrected chi connectivity index (χ4v) is 2.59. The number of aromatic amines is 1. The summed E-state index contributed by atoms with van der Waals surface area (Å²) in [5.41, 5.74) is 2.05. The molecule has 1 aliphatic heterocycles. The number of phenolic OH excluding ortho intramolecular Hbond substituents is 1. The molecule has 3 rings (SSSR count). The Labute approximate surface area is 117 Å². The van der Waals surface area contributed by atoms with Crippen molar-refractivity contribution >= 4 is 16.8 Å². The van der Waals surface area contributed by atoms with Gasteiger partial charge in [-0.1, -0.05) is 0 Å². The molecular formula is C15H18N2O3. The van der Waals surface area contributed by atoms with Crippen molar-refractivity contribution in [3.8, 4) is 5.75 Å². The number of hydrogen-bond donors (Lipinski definition) is 2. The van der Waals surface area contributed by atoms with E-state index in [0.717, 1.165) is 16.5 Å². The van der Waals surface area contributed by atoms with Crippen molar-refractivity contribution in [2.45, 2.75) is 12.8 Å². The fraction of sp³-hybridized carbons (Fsp3) is 0.400. The number of phenols is 1. The summed E-state index contributed by atoms with van der Waals surface area (Å²) in [7, 11) is 0. The molecule has 0 bridgehead atoms. The minimum Gasteiger partial charge on any atom is -0.508 e. The van der Waals surface area contributed by atoms with E-state index in [1.807, 2.05) is 17.2 Å². The molecule has 5 nitrogen and oxygen atoms in total. The average Bonchev–Trinajstić information content (AvgIpc) is 2.88. The summed E-state index contributed by atoms with van der Waals surface area (Å²) in [4.78, 5) is 17.1. The Morgan fingerprint density at radius 3 is 2.95 bits per heavy atom. The Hall–Kier alpha value is -2.01. The molecular weight excluding hydrogens is 256 g/mol. The Kier molecular flexibility index (Phi) is 3.60. The smallest absolute Gasteiger partial charge is 0.223 e. The lowest BCUT2D eigenvalue weighted by Gasteiger charge is -2.26. The zero-order valence-corrected chi connectivity index (χ0v) is 11.3. The van der Waals surface area contributed by atoms with Crippen LogP contribution in [0, 0.1) is 0 Å². The zero-order chi connectivity index (χ0) is 13.9. The Balaban J connectivity index is 1.67. The van der Waals surface area contributed by atoms with Gasteiger partial charge in [-0.2, -0.15) is 0 Å². The molecule has 1 aromatic heterocycles. The third-order valence-electron chi connectivity index (χ3n) is 3.72. The van der Waals surface area contributed by atoms with E-state index in [9.17, 15) is 9.90 Å². The van der Waals surface area contributed by atoms with Gasteiger partial charge in [-0.05, 0) is 30.2 Å². The number of nitrogens with one attached hydrogen (secondary N) is 1. The topological polar surface area (TPSA) is 65.6 Å². The third kappa shape index (κ3) is 2.63. The van der Waals surface area contributed by atoms with Gasteiger partial charge < -0.3 is 19.7 Å². The van der Waals surface area contributed by atoms with E-state index in [0.29, 0.717) is 39.1 Å². The molecule has 1 saturated heterocycles. The lowest BCUT2D eigenvalue weighted by molar-refractivity contribution is -0.135. The van der Waals surface area contributed by atoms with Crippen LogP contribution in [0.5, 0.6) is 5.75 Å². The molecule has 1 aliphatic rings. The second kappa shape index (κ2) is 5.54. The van der Waals surface area contributed by atoms with Gasteiger partial charge in [0.2, 0.25) is 5.91 Å². The first kappa shape index (κ1) is 13.0.